The van der Waals surface area contributed by atoms with Gasteiger partial charge in [-0.2, -0.15) is 0 Å². The lowest BCUT2D eigenvalue weighted by molar-refractivity contribution is 0.102. The van der Waals surface area contributed by atoms with Crippen LogP contribution in [0.4, 0.5) is 5.13 Å². The highest BCUT2D eigenvalue weighted by molar-refractivity contribution is 7.15. The van der Waals surface area contributed by atoms with Crippen molar-refractivity contribution in [2.24, 2.45) is 0 Å². The van der Waals surface area contributed by atoms with Crippen molar-refractivity contribution >= 4 is 22.4 Å². The number of anilines is 1. The van der Waals surface area contributed by atoms with Gasteiger partial charge in [-0.25, -0.2) is 0 Å². The van der Waals surface area contributed by atoms with Gasteiger partial charge in [0.1, 0.15) is 10.6 Å². The van der Waals surface area contributed by atoms with Gasteiger partial charge < -0.3 is 4.52 Å². The molecule has 114 valence electrons. The van der Waals surface area contributed by atoms with Crippen LogP contribution in [0.1, 0.15) is 66.4 Å². The average Bonchev–Trinajstić information content (AvgIpc) is 3.03. The van der Waals surface area contributed by atoms with Crippen molar-refractivity contribution in [1.82, 2.24) is 15.4 Å². The molecule has 0 aliphatic heterocycles. The molecule has 0 aliphatic carbocycles. The second-order valence-corrected chi connectivity index (χ2v) is 6.28. The Bertz CT molecular complexity index is 618. The molecule has 2 heterocycles. The van der Waals surface area contributed by atoms with Crippen molar-refractivity contribution in [3.63, 3.8) is 0 Å². The number of rotatable bonds is 6. The van der Waals surface area contributed by atoms with E-state index in [1.165, 1.54) is 11.3 Å². The lowest BCUT2D eigenvalue weighted by Crippen LogP contribution is -2.14. The Hall–Kier alpha value is -1.76. The molecule has 0 saturated carbocycles. The Labute approximate surface area is 127 Å². The molecule has 0 spiro atoms. The van der Waals surface area contributed by atoms with E-state index in [-0.39, 0.29) is 11.8 Å². The predicted octanol–water partition coefficient (Wildman–Crippen LogP) is 3.55. The average molecular weight is 308 g/mol. The number of nitrogens with zero attached hydrogens (tertiary/aromatic N) is 3. The van der Waals surface area contributed by atoms with Gasteiger partial charge in [0.05, 0.1) is 5.69 Å². The molecule has 0 aliphatic rings. The van der Waals surface area contributed by atoms with E-state index in [4.69, 9.17) is 4.52 Å². The topological polar surface area (TPSA) is 80.9 Å². The third-order valence-electron chi connectivity index (χ3n) is 3.07. The van der Waals surface area contributed by atoms with Gasteiger partial charge >= 0.3 is 0 Å². The molecule has 0 saturated heterocycles. The summed E-state index contributed by atoms with van der Waals surface area (Å²) in [6, 6.07) is 0. The van der Waals surface area contributed by atoms with E-state index in [0.717, 1.165) is 24.3 Å². The number of carbonyl (C=O) groups excluding carboxylic acids is 1. The van der Waals surface area contributed by atoms with Crippen LogP contribution in [0.2, 0.25) is 0 Å². The van der Waals surface area contributed by atoms with Gasteiger partial charge in [-0.15, -0.1) is 10.2 Å². The van der Waals surface area contributed by atoms with E-state index in [9.17, 15) is 4.79 Å². The molecule has 2 aromatic rings. The van der Waals surface area contributed by atoms with Crippen molar-refractivity contribution < 1.29 is 9.32 Å². The van der Waals surface area contributed by atoms with E-state index in [2.05, 4.69) is 27.6 Å². The molecule has 21 heavy (non-hydrogen) atoms. The maximum Gasteiger partial charge on any atom is 0.263 e. The number of hydrogen-bond acceptors (Lipinski definition) is 6. The summed E-state index contributed by atoms with van der Waals surface area (Å²) in [6.45, 7) is 7.82. The summed E-state index contributed by atoms with van der Waals surface area (Å²) in [5.74, 6) is 0.456. The Morgan fingerprint density at radius 1 is 1.38 bits per heavy atom. The number of nitrogens with one attached hydrogen (secondary N) is 1. The van der Waals surface area contributed by atoms with Gasteiger partial charge in [0.2, 0.25) is 5.13 Å². The summed E-state index contributed by atoms with van der Waals surface area (Å²) in [6.07, 6.45) is 3.08. The monoisotopic (exact) mass is 308 g/mol. The molecule has 6 nitrogen and oxygen atoms in total. The number of unbranched alkanes of at least 4 members (excludes halogenated alkanes) is 1. The van der Waals surface area contributed by atoms with Gasteiger partial charge in [0.25, 0.3) is 5.91 Å². The smallest absolute Gasteiger partial charge is 0.263 e. The zero-order valence-electron chi connectivity index (χ0n) is 12.8. The molecule has 0 bridgehead atoms. The number of aryl methyl sites for hydroxylation is 2. The van der Waals surface area contributed by atoms with Crippen molar-refractivity contribution in [2.75, 3.05) is 5.32 Å². The number of carbonyl (C=O) groups is 1. The SMILES string of the molecule is CCCCc1nnc(NC(=O)c2c(C)noc2C(C)C)s1. The third-order valence-corrected chi connectivity index (χ3v) is 3.97. The van der Waals surface area contributed by atoms with Crippen LogP contribution in [0.25, 0.3) is 0 Å². The van der Waals surface area contributed by atoms with Crippen molar-refractivity contribution in [1.29, 1.82) is 0 Å². The maximum atomic E-state index is 12.4. The molecule has 1 N–H and O–H groups in total. The zero-order valence-corrected chi connectivity index (χ0v) is 13.6. The predicted molar refractivity (Wildman–Crippen MR) is 81.8 cm³/mol. The molecule has 0 unspecified atom stereocenters. The van der Waals surface area contributed by atoms with E-state index in [1.54, 1.807) is 6.92 Å². The number of aromatic nitrogens is 3. The van der Waals surface area contributed by atoms with Crippen LogP contribution in [0.5, 0.6) is 0 Å². The van der Waals surface area contributed by atoms with E-state index in [1.807, 2.05) is 13.8 Å². The first kappa shape index (κ1) is 15.6. The lowest BCUT2D eigenvalue weighted by Gasteiger charge is -2.04. The second kappa shape index (κ2) is 6.80. The molecular formula is C14H20N4O2S. The first-order valence-corrected chi connectivity index (χ1v) is 7.94. The van der Waals surface area contributed by atoms with E-state index >= 15 is 0 Å². The Balaban J connectivity index is 2.11. The fraction of sp³-hybridized carbons (Fsp3) is 0.571. The van der Waals surface area contributed by atoms with Gasteiger partial charge in [0.15, 0.2) is 5.76 Å². The summed E-state index contributed by atoms with van der Waals surface area (Å²) in [5, 5.41) is 16.2. The summed E-state index contributed by atoms with van der Waals surface area (Å²) in [5.41, 5.74) is 1.09. The van der Waals surface area contributed by atoms with Crippen molar-refractivity contribution in [3.8, 4) is 0 Å². The van der Waals surface area contributed by atoms with E-state index < -0.39 is 0 Å². The highest BCUT2D eigenvalue weighted by atomic mass is 32.1. The first-order valence-electron chi connectivity index (χ1n) is 7.12. The Kier molecular flexibility index (Phi) is 5.06. The standard InChI is InChI=1S/C14H20N4O2S/c1-5-6-7-10-16-17-14(21-10)15-13(19)11-9(4)18-20-12(11)8(2)3/h8H,5-7H2,1-4H3,(H,15,17,19). The number of hydrogen-bond donors (Lipinski definition) is 1. The molecule has 2 aromatic heterocycles. The van der Waals surface area contributed by atoms with Crippen molar-refractivity contribution in [2.45, 2.75) is 52.9 Å². The lowest BCUT2D eigenvalue weighted by atomic mass is 10.0. The summed E-state index contributed by atoms with van der Waals surface area (Å²) >= 11 is 1.41. The fourth-order valence-electron chi connectivity index (χ4n) is 1.95. The van der Waals surface area contributed by atoms with Crippen LogP contribution >= 0.6 is 11.3 Å². The molecule has 0 atom stereocenters. The van der Waals surface area contributed by atoms with Crippen LogP contribution in [-0.4, -0.2) is 21.3 Å². The second-order valence-electron chi connectivity index (χ2n) is 5.22. The van der Waals surface area contributed by atoms with Crippen LogP contribution in [0.15, 0.2) is 4.52 Å². The van der Waals surface area contributed by atoms with Gasteiger partial charge in [-0.1, -0.05) is 43.7 Å². The van der Waals surface area contributed by atoms with E-state index in [0.29, 0.717) is 22.1 Å². The molecule has 0 aromatic carbocycles. The molecule has 0 radical (unpaired) electrons. The van der Waals surface area contributed by atoms with Crippen LogP contribution < -0.4 is 5.32 Å². The van der Waals surface area contributed by atoms with Crippen molar-refractivity contribution in [3.05, 3.63) is 22.0 Å². The molecule has 2 rings (SSSR count). The highest BCUT2D eigenvalue weighted by Crippen LogP contribution is 2.24. The normalized spacial score (nSPS) is 11.1. The molecule has 0 fully saturated rings. The summed E-state index contributed by atoms with van der Waals surface area (Å²) in [4.78, 5) is 12.4. The minimum absolute atomic E-state index is 0.0986. The summed E-state index contributed by atoms with van der Waals surface area (Å²) < 4.78 is 5.23. The third kappa shape index (κ3) is 3.66. The first-order chi connectivity index (χ1) is 10.0. The van der Waals surface area contributed by atoms with Gasteiger partial charge in [-0.05, 0) is 13.3 Å². The van der Waals surface area contributed by atoms with Crippen LogP contribution in [0.3, 0.4) is 0 Å². The minimum atomic E-state index is -0.240. The Morgan fingerprint density at radius 3 is 2.81 bits per heavy atom. The molecule has 7 heteroatoms. The van der Waals surface area contributed by atoms with Crippen LogP contribution in [-0.2, 0) is 6.42 Å². The number of amides is 1. The fourth-order valence-corrected chi connectivity index (χ4v) is 2.73. The zero-order chi connectivity index (χ0) is 15.4. The molecular weight excluding hydrogens is 288 g/mol. The largest absolute Gasteiger partial charge is 0.360 e. The summed E-state index contributed by atoms with van der Waals surface area (Å²) in [7, 11) is 0. The van der Waals surface area contributed by atoms with Gasteiger partial charge in [-0.3, -0.25) is 10.1 Å². The van der Waals surface area contributed by atoms with Crippen LogP contribution in [0, 0.1) is 6.92 Å². The van der Waals surface area contributed by atoms with Gasteiger partial charge in [0, 0.05) is 12.3 Å². The molecule has 1 amide bonds. The maximum absolute atomic E-state index is 12.4. The highest BCUT2D eigenvalue weighted by Gasteiger charge is 2.23. The minimum Gasteiger partial charge on any atom is -0.360 e. The Morgan fingerprint density at radius 2 is 2.14 bits per heavy atom. The quantitative estimate of drug-likeness (QED) is 0.882.